The van der Waals surface area contributed by atoms with Gasteiger partial charge in [-0.2, -0.15) is 4.31 Å². The molecule has 0 amide bonds. The molecule has 0 aliphatic heterocycles. The molecule has 114 valence electrons. The van der Waals surface area contributed by atoms with Crippen molar-refractivity contribution in [2.75, 3.05) is 19.9 Å². The van der Waals surface area contributed by atoms with Gasteiger partial charge >= 0.3 is 0 Å². The minimum atomic E-state index is -3.63. The molecule has 0 aliphatic carbocycles. The number of nitrogens with zero attached hydrogens (tertiary/aromatic N) is 3. The number of nitrogens with two attached hydrogens (primary N) is 1. The highest BCUT2D eigenvalue weighted by molar-refractivity contribution is 7.89. The van der Waals surface area contributed by atoms with Crippen molar-refractivity contribution in [3.63, 3.8) is 0 Å². The van der Waals surface area contributed by atoms with E-state index in [9.17, 15) is 8.42 Å². The molecule has 0 radical (unpaired) electrons. The lowest BCUT2D eigenvalue weighted by Crippen LogP contribution is -2.27. The summed E-state index contributed by atoms with van der Waals surface area (Å²) >= 11 is 0. The predicted molar refractivity (Wildman–Crippen MR) is 79.3 cm³/mol. The Morgan fingerprint density at radius 2 is 2.14 bits per heavy atom. The lowest BCUT2D eigenvalue weighted by atomic mass is 10.3. The van der Waals surface area contributed by atoms with Gasteiger partial charge in [-0.3, -0.25) is 0 Å². The van der Waals surface area contributed by atoms with Crippen LogP contribution in [0.5, 0.6) is 5.75 Å². The number of sulfonamides is 1. The topological polar surface area (TPSA) is 90.5 Å². The van der Waals surface area contributed by atoms with Crippen molar-refractivity contribution in [2.45, 2.75) is 11.4 Å². The number of nitrogen functional groups attached to an aromatic ring is 1. The summed E-state index contributed by atoms with van der Waals surface area (Å²) in [5, 5.41) is 0. The first-order valence-electron chi connectivity index (χ1n) is 6.22. The van der Waals surface area contributed by atoms with E-state index in [0.717, 1.165) is 0 Å². The fourth-order valence-corrected chi connectivity index (χ4v) is 3.05. The van der Waals surface area contributed by atoms with Crippen molar-refractivity contribution < 1.29 is 13.2 Å². The van der Waals surface area contributed by atoms with Crippen molar-refractivity contribution in [1.82, 2.24) is 13.9 Å². The van der Waals surface area contributed by atoms with Crippen molar-refractivity contribution in [3.8, 4) is 5.75 Å². The SMILES string of the molecule is COc1ccc(S(=O)(=O)N(C)Cc2nccn2C)cc1N. The van der Waals surface area contributed by atoms with Gasteiger partial charge in [0, 0.05) is 26.5 Å². The zero-order valence-electron chi connectivity index (χ0n) is 12.1. The maximum atomic E-state index is 12.5. The molecule has 0 saturated heterocycles. The maximum Gasteiger partial charge on any atom is 0.243 e. The zero-order valence-corrected chi connectivity index (χ0v) is 13.0. The maximum absolute atomic E-state index is 12.5. The van der Waals surface area contributed by atoms with Crippen LogP contribution in [0.4, 0.5) is 5.69 Å². The summed E-state index contributed by atoms with van der Waals surface area (Å²) in [6, 6.07) is 4.40. The lowest BCUT2D eigenvalue weighted by molar-refractivity contribution is 0.416. The summed E-state index contributed by atoms with van der Waals surface area (Å²) in [6.07, 6.45) is 3.39. The van der Waals surface area contributed by atoms with Crippen LogP contribution in [0.25, 0.3) is 0 Å². The fourth-order valence-electron chi connectivity index (χ4n) is 1.89. The van der Waals surface area contributed by atoms with Gasteiger partial charge in [-0.1, -0.05) is 0 Å². The van der Waals surface area contributed by atoms with Crippen LogP contribution in [0.2, 0.25) is 0 Å². The second kappa shape index (κ2) is 5.74. The molecule has 0 saturated carbocycles. The second-order valence-electron chi connectivity index (χ2n) is 4.62. The standard InChI is InChI=1S/C13H18N4O3S/c1-16-7-6-15-13(16)9-17(2)21(18,19)10-4-5-12(20-3)11(14)8-10/h4-8H,9,14H2,1-3H3. The summed E-state index contributed by atoms with van der Waals surface area (Å²) < 4.78 is 33.1. The summed E-state index contributed by atoms with van der Waals surface area (Å²) in [6.45, 7) is 0.178. The van der Waals surface area contributed by atoms with Crippen LogP contribution >= 0.6 is 0 Å². The van der Waals surface area contributed by atoms with E-state index < -0.39 is 10.0 Å². The molecule has 0 spiro atoms. The number of ether oxygens (including phenoxy) is 1. The number of anilines is 1. The Bertz CT molecular complexity index is 740. The molecule has 2 aromatic rings. The third-order valence-corrected chi connectivity index (χ3v) is 4.99. The number of aryl methyl sites for hydroxylation is 1. The van der Waals surface area contributed by atoms with Crippen LogP contribution in [0.3, 0.4) is 0 Å². The number of aromatic nitrogens is 2. The molecule has 2 rings (SSSR count). The number of imidazole rings is 1. The quantitative estimate of drug-likeness (QED) is 0.826. The molecule has 7 nitrogen and oxygen atoms in total. The van der Waals surface area contributed by atoms with Gasteiger partial charge in [-0.05, 0) is 18.2 Å². The van der Waals surface area contributed by atoms with Gasteiger partial charge in [-0.25, -0.2) is 13.4 Å². The number of benzene rings is 1. The van der Waals surface area contributed by atoms with Crippen LogP contribution in [-0.2, 0) is 23.6 Å². The van der Waals surface area contributed by atoms with Crippen molar-refractivity contribution in [2.24, 2.45) is 7.05 Å². The van der Waals surface area contributed by atoms with E-state index >= 15 is 0 Å². The van der Waals surface area contributed by atoms with E-state index in [2.05, 4.69) is 4.98 Å². The van der Waals surface area contributed by atoms with Crippen LogP contribution < -0.4 is 10.5 Å². The molecule has 1 heterocycles. The van der Waals surface area contributed by atoms with Gasteiger partial charge in [0.2, 0.25) is 10.0 Å². The Morgan fingerprint density at radius 1 is 1.43 bits per heavy atom. The first-order valence-corrected chi connectivity index (χ1v) is 7.66. The Morgan fingerprint density at radius 3 is 2.67 bits per heavy atom. The summed E-state index contributed by atoms with van der Waals surface area (Å²) in [5.74, 6) is 1.10. The highest BCUT2D eigenvalue weighted by Gasteiger charge is 2.23. The van der Waals surface area contributed by atoms with Crippen LogP contribution in [0, 0.1) is 0 Å². The molecule has 1 aromatic carbocycles. The van der Waals surface area contributed by atoms with E-state index in [1.807, 2.05) is 7.05 Å². The Labute approximate surface area is 124 Å². The van der Waals surface area contributed by atoms with Crippen LogP contribution in [0.1, 0.15) is 5.82 Å². The van der Waals surface area contributed by atoms with E-state index in [1.165, 1.54) is 36.7 Å². The first kappa shape index (κ1) is 15.3. The monoisotopic (exact) mass is 310 g/mol. The first-order chi connectivity index (χ1) is 9.86. The molecular formula is C13H18N4O3S. The Balaban J connectivity index is 2.29. The van der Waals surface area contributed by atoms with Crippen molar-refractivity contribution in [3.05, 3.63) is 36.4 Å². The molecule has 21 heavy (non-hydrogen) atoms. The molecule has 0 atom stereocenters. The van der Waals surface area contributed by atoms with Crippen LogP contribution in [-0.4, -0.2) is 36.4 Å². The third-order valence-electron chi connectivity index (χ3n) is 3.19. The molecule has 0 bridgehead atoms. The number of hydrogen-bond acceptors (Lipinski definition) is 5. The summed E-state index contributed by atoms with van der Waals surface area (Å²) in [7, 11) is 1.16. The smallest absolute Gasteiger partial charge is 0.243 e. The highest BCUT2D eigenvalue weighted by atomic mass is 32.2. The number of hydrogen-bond donors (Lipinski definition) is 1. The Hall–Kier alpha value is -2.06. The minimum Gasteiger partial charge on any atom is -0.495 e. The summed E-state index contributed by atoms with van der Waals surface area (Å²) in [4.78, 5) is 4.24. The third kappa shape index (κ3) is 3.01. The van der Waals surface area contributed by atoms with E-state index in [-0.39, 0.29) is 17.1 Å². The van der Waals surface area contributed by atoms with E-state index in [4.69, 9.17) is 10.5 Å². The summed E-state index contributed by atoms with van der Waals surface area (Å²) in [5.41, 5.74) is 6.05. The molecule has 2 N–H and O–H groups in total. The van der Waals surface area contributed by atoms with Gasteiger partial charge in [0.25, 0.3) is 0 Å². The molecule has 0 aliphatic rings. The number of methoxy groups -OCH3 is 1. The fraction of sp³-hybridized carbons (Fsp3) is 0.308. The predicted octanol–water partition coefficient (Wildman–Crippen LogP) is 0.832. The second-order valence-corrected chi connectivity index (χ2v) is 6.66. The average molecular weight is 310 g/mol. The largest absolute Gasteiger partial charge is 0.495 e. The Kier molecular flexibility index (Phi) is 4.19. The lowest BCUT2D eigenvalue weighted by Gasteiger charge is -2.17. The van der Waals surface area contributed by atoms with E-state index in [1.54, 1.807) is 17.0 Å². The van der Waals surface area contributed by atoms with Gasteiger partial charge in [0.05, 0.1) is 24.2 Å². The van der Waals surface area contributed by atoms with Gasteiger partial charge in [0.15, 0.2) is 0 Å². The minimum absolute atomic E-state index is 0.123. The normalized spacial score (nSPS) is 11.8. The van der Waals surface area contributed by atoms with Gasteiger partial charge < -0.3 is 15.0 Å². The van der Waals surface area contributed by atoms with Gasteiger partial charge in [0.1, 0.15) is 11.6 Å². The van der Waals surface area contributed by atoms with Crippen LogP contribution in [0.15, 0.2) is 35.5 Å². The molecule has 1 aromatic heterocycles. The molecule has 0 unspecified atom stereocenters. The van der Waals surface area contributed by atoms with Crippen molar-refractivity contribution >= 4 is 15.7 Å². The average Bonchev–Trinajstić information content (AvgIpc) is 2.84. The zero-order chi connectivity index (χ0) is 15.6. The molecule has 8 heteroatoms. The van der Waals surface area contributed by atoms with Crippen molar-refractivity contribution in [1.29, 1.82) is 0 Å². The van der Waals surface area contributed by atoms with Gasteiger partial charge in [-0.15, -0.1) is 0 Å². The highest BCUT2D eigenvalue weighted by Crippen LogP contribution is 2.26. The van der Waals surface area contributed by atoms with E-state index in [0.29, 0.717) is 11.6 Å². The molecule has 0 fully saturated rings. The molecular weight excluding hydrogens is 292 g/mol. The number of rotatable bonds is 5.